The third-order valence-electron chi connectivity index (χ3n) is 4.09. The van der Waals surface area contributed by atoms with Crippen molar-refractivity contribution in [3.63, 3.8) is 0 Å². The molecule has 0 saturated carbocycles. The van der Waals surface area contributed by atoms with Crippen molar-refractivity contribution in [2.24, 2.45) is 0 Å². The maximum Gasteiger partial charge on any atom is 0.0487 e. The standard InChI is InChI=1S/C18H28N2/c1-6-11-20-15(3)16(8-7-12-19(4)5)17-10-9-14(2)13-18(17)20/h9-10,13H,6-8,11-12H2,1-5H3. The van der Waals surface area contributed by atoms with Gasteiger partial charge in [0.25, 0.3) is 0 Å². The summed E-state index contributed by atoms with van der Waals surface area (Å²) in [5.41, 5.74) is 5.79. The van der Waals surface area contributed by atoms with E-state index in [0.29, 0.717) is 0 Å². The predicted molar refractivity (Wildman–Crippen MR) is 88.6 cm³/mol. The smallest absolute Gasteiger partial charge is 0.0487 e. The van der Waals surface area contributed by atoms with Gasteiger partial charge >= 0.3 is 0 Å². The second-order valence-corrected chi connectivity index (χ2v) is 6.14. The van der Waals surface area contributed by atoms with Crippen LogP contribution in [0.15, 0.2) is 18.2 Å². The van der Waals surface area contributed by atoms with E-state index in [2.05, 4.69) is 62.5 Å². The zero-order valence-electron chi connectivity index (χ0n) is 13.7. The highest BCUT2D eigenvalue weighted by molar-refractivity contribution is 5.86. The van der Waals surface area contributed by atoms with E-state index >= 15 is 0 Å². The molecule has 20 heavy (non-hydrogen) atoms. The molecule has 0 N–H and O–H groups in total. The average molecular weight is 272 g/mol. The van der Waals surface area contributed by atoms with E-state index in [1.807, 2.05) is 0 Å². The van der Waals surface area contributed by atoms with E-state index in [1.165, 1.54) is 41.4 Å². The van der Waals surface area contributed by atoms with Crippen LogP contribution in [-0.2, 0) is 13.0 Å². The highest BCUT2D eigenvalue weighted by Gasteiger charge is 2.13. The molecule has 1 heterocycles. The topological polar surface area (TPSA) is 8.17 Å². The van der Waals surface area contributed by atoms with Gasteiger partial charge in [-0.15, -0.1) is 0 Å². The number of rotatable bonds is 6. The van der Waals surface area contributed by atoms with E-state index in [0.717, 1.165) is 13.1 Å². The fourth-order valence-electron chi connectivity index (χ4n) is 3.06. The molecule has 0 bridgehead atoms. The van der Waals surface area contributed by atoms with Crippen molar-refractivity contribution in [2.45, 2.75) is 46.6 Å². The van der Waals surface area contributed by atoms with Crippen molar-refractivity contribution in [1.82, 2.24) is 9.47 Å². The van der Waals surface area contributed by atoms with Gasteiger partial charge in [-0.2, -0.15) is 0 Å². The van der Waals surface area contributed by atoms with Crippen LogP contribution in [0.3, 0.4) is 0 Å². The number of hydrogen-bond donors (Lipinski definition) is 0. The van der Waals surface area contributed by atoms with Gasteiger partial charge < -0.3 is 9.47 Å². The number of fused-ring (bicyclic) bond motifs is 1. The van der Waals surface area contributed by atoms with Crippen LogP contribution in [0.2, 0.25) is 0 Å². The molecule has 0 atom stereocenters. The number of benzene rings is 1. The average Bonchev–Trinajstić information content (AvgIpc) is 2.64. The SMILES string of the molecule is CCCn1c(C)c(CCCN(C)C)c2ccc(C)cc21. The molecule has 2 aromatic rings. The Hall–Kier alpha value is -1.28. The summed E-state index contributed by atoms with van der Waals surface area (Å²) in [5.74, 6) is 0. The Morgan fingerprint density at radius 1 is 1.15 bits per heavy atom. The molecule has 0 unspecified atom stereocenters. The maximum absolute atomic E-state index is 2.51. The Balaban J connectivity index is 2.40. The van der Waals surface area contributed by atoms with Crippen LogP contribution in [0, 0.1) is 13.8 Å². The Kier molecular flexibility index (Phi) is 4.87. The molecule has 110 valence electrons. The van der Waals surface area contributed by atoms with E-state index < -0.39 is 0 Å². The quantitative estimate of drug-likeness (QED) is 0.766. The van der Waals surface area contributed by atoms with Crippen molar-refractivity contribution in [3.05, 3.63) is 35.0 Å². The van der Waals surface area contributed by atoms with Gasteiger partial charge in [-0.05, 0) is 70.9 Å². The Bertz CT molecular complexity index is 579. The molecule has 0 radical (unpaired) electrons. The number of aromatic nitrogens is 1. The summed E-state index contributed by atoms with van der Waals surface area (Å²) >= 11 is 0. The lowest BCUT2D eigenvalue weighted by molar-refractivity contribution is 0.400. The van der Waals surface area contributed by atoms with Crippen LogP contribution in [0.4, 0.5) is 0 Å². The first kappa shape index (κ1) is 15.1. The van der Waals surface area contributed by atoms with Crippen molar-refractivity contribution >= 4 is 10.9 Å². The molecule has 1 aromatic heterocycles. The lowest BCUT2D eigenvalue weighted by atomic mass is 10.0. The van der Waals surface area contributed by atoms with Crippen molar-refractivity contribution in [2.75, 3.05) is 20.6 Å². The van der Waals surface area contributed by atoms with Crippen molar-refractivity contribution < 1.29 is 0 Å². The first-order chi connectivity index (χ1) is 9.54. The van der Waals surface area contributed by atoms with Crippen molar-refractivity contribution in [1.29, 1.82) is 0 Å². The third kappa shape index (κ3) is 3.06. The largest absolute Gasteiger partial charge is 0.345 e. The van der Waals surface area contributed by atoms with Crippen LogP contribution in [0.25, 0.3) is 10.9 Å². The molecule has 1 aromatic carbocycles. The maximum atomic E-state index is 2.51. The second-order valence-electron chi connectivity index (χ2n) is 6.14. The summed E-state index contributed by atoms with van der Waals surface area (Å²) in [6, 6.07) is 6.90. The molecule has 2 rings (SSSR count). The molecular formula is C18H28N2. The summed E-state index contributed by atoms with van der Waals surface area (Å²) in [5, 5.41) is 1.46. The van der Waals surface area contributed by atoms with Crippen molar-refractivity contribution in [3.8, 4) is 0 Å². The lowest BCUT2D eigenvalue weighted by Crippen LogP contribution is -2.13. The molecule has 0 spiro atoms. The fraction of sp³-hybridized carbons (Fsp3) is 0.556. The molecule has 0 fully saturated rings. The van der Waals surface area contributed by atoms with Gasteiger partial charge in [0.1, 0.15) is 0 Å². The molecule has 0 amide bonds. The van der Waals surface area contributed by atoms with Crippen LogP contribution >= 0.6 is 0 Å². The zero-order valence-corrected chi connectivity index (χ0v) is 13.7. The van der Waals surface area contributed by atoms with Crippen LogP contribution in [0.5, 0.6) is 0 Å². The van der Waals surface area contributed by atoms with Crippen LogP contribution in [-0.4, -0.2) is 30.1 Å². The summed E-state index contributed by atoms with van der Waals surface area (Å²) in [6.45, 7) is 9.01. The minimum Gasteiger partial charge on any atom is -0.345 e. The monoisotopic (exact) mass is 272 g/mol. The Labute approximate surface area is 123 Å². The summed E-state index contributed by atoms with van der Waals surface area (Å²) in [4.78, 5) is 2.27. The van der Waals surface area contributed by atoms with Gasteiger partial charge in [0.15, 0.2) is 0 Å². The van der Waals surface area contributed by atoms with Crippen LogP contribution < -0.4 is 0 Å². The van der Waals surface area contributed by atoms with Gasteiger partial charge in [0, 0.05) is 23.1 Å². The van der Waals surface area contributed by atoms with Gasteiger partial charge in [-0.1, -0.05) is 19.1 Å². The normalized spacial score (nSPS) is 11.7. The first-order valence-corrected chi connectivity index (χ1v) is 7.77. The Morgan fingerprint density at radius 3 is 2.55 bits per heavy atom. The predicted octanol–water partition coefficient (Wildman–Crippen LogP) is 4.16. The van der Waals surface area contributed by atoms with Gasteiger partial charge in [0.2, 0.25) is 0 Å². The molecule has 0 aliphatic heterocycles. The fourth-order valence-corrected chi connectivity index (χ4v) is 3.06. The summed E-state index contributed by atoms with van der Waals surface area (Å²) < 4.78 is 2.51. The molecule has 0 aliphatic carbocycles. The van der Waals surface area contributed by atoms with E-state index in [9.17, 15) is 0 Å². The van der Waals surface area contributed by atoms with E-state index in [4.69, 9.17) is 0 Å². The van der Waals surface area contributed by atoms with Gasteiger partial charge in [0.05, 0.1) is 0 Å². The highest BCUT2D eigenvalue weighted by Crippen LogP contribution is 2.28. The lowest BCUT2D eigenvalue weighted by Gasteiger charge is -2.10. The van der Waals surface area contributed by atoms with Crippen LogP contribution in [0.1, 0.15) is 36.6 Å². The summed E-state index contributed by atoms with van der Waals surface area (Å²) in [7, 11) is 4.30. The first-order valence-electron chi connectivity index (χ1n) is 7.77. The molecule has 0 aliphatic rings. The van der Waals surface area contributed by atoms with E-state index in [-0.39, 0.29) is 0 Å². The molecule has 2 heteroatoms. The molecule has 0 saturated heterocycles. The summed E-state index contributed by atoms with van der Waals surface area (Å²) in [6.07, 6.45) is 3.60. The van der Waals surface area contributed by atoms with Gasteiger partial charge in [-0.25, -0.2) is 0 Å². The highest BCUT2D eigenvalue weighted by atomic mass is 15.0. The molecular weight excluding hydrogens is 244 g/mol. The van der Waals surface area contributed by atoms with Gasteiger partial charge in [-0.3, -0.25) is 0 Å². The molecule has 2 nitrogen and oxygen atoms in total. The minimum atomic E-state index is 1.12. The second kappa shape index (κ2) is 6.45. The number of hydrogen-bond acceptors (Lipinski definition) is 1. The number of aryl methyl sites for hydroxylation is 3. The third-order valence-corrected chi connectivity index (χ3v) is 4.09. The Morgan fingerprint density at radius 2 is 1.90 bits per heavy atom. The minimum absolute atomic E-state index is 1.12. The van der Waals surface area contributed by atoms with E-state index in [1.54, 1.807) is 5.56 Å². The number of nitrogens with zero attached hydrogens (tertiary/aromatic N) is 2. The zero-order chi connectivity index (χ0) is 14.7.